The van der Waals surface area contributed by atoms with Gasteiger partial charge in [0, 0.05) is 20.5 Å². The summed E-state index contributed by atoms with van der Waals surface area (Å²) in [5, 5.41) is 0.997. The van der Waals surface area contributed by atoms with Crippen LogP contribution in [0, 0.1) is 11.6 Å². The summed E-state index contributed by atoms with van der Waals surface area (Å²) in [6.45, 7) is 0. The second-order valence-corrected chi connectivity index (χ2v) is 6.39. The number of fused-ring (bicyclic) bond motifs is 1. The molecule has 0 nitrogen and oxygen atoms in total. The molecule has 2 aromatic carbocycles. The highest BCUT2D eigenvalue weighted by molar-refractivity contribution is 9.10. The van der Waals surface area contributed by atoms with E-state index < -0.39 is 0 Å². The number of thiophene rings is 1. The van der Waals surface area contributed by atoms with Crippen molar-refractivity contribution >= 4 is 37.4 Å². The first-order valence-electron chi connectivity index (χ1n) is 5.74. The van der Waals surface area contributed by atoms with Crippen LogP contribution in [-0.4, -0.2) is 0 Å². The Hall–Kier alpha value is -1.26. The normalized spacial score (nSPS) is 11.1. The molecule has 0 aliphatic heterocycles. The van der Waals surface area contributed by atoms with Crippen molar-refractivity contribution in [3.05, 3.63) is 69.0 Å². The summed E-state index contributed by atoms with van der Waals surface area (Å²) < 4.78 is 28.6. The second-order valence-electron chi connectivity index (χ2n) is 4.31. The summed E-state index contributed by atoms with van der Waals surface area (Å²) in [5.41, 5.74) is 0.640. The highest BCUT2D eigenvalue weighted by Gasteiger charge is 2.08. The maximum absolute atomic E-state index is 13.7. The van der Waals surface area contributed by atoms with Gasteiger partial charge in [-0.2, -0.15) is 0 Å². The van der Waals surface area contributed by atoms with Crippen LogP contribution in [0.15, 0.2) is 46.9 Å². The van der Waals surface area contributed by atoms with Crippen molar-refractivity contribution in [1.82, 2.24) is 0 Å². The monoisotopic (exact) mass is 338 g/mol. The van der Waals surface area contributed by atoms with Crippen molar-refractivity contribution in [2.45, 2.75) is 6.42 Å². The van der Waals surface area contributed by atoms with E-state index >= 15 is 0 Å². The number of benzene rings is 2. The lowest BCUT2D eigenvalue weighted by molar-refractivity contribution is 0.614. The topological polar surface area (TPSA) is 0 Å². The predicted octanol–water partition coefficient (Wildman–Crippen LogP) is 5.53. The fourth-order valence-electron chi connectivity index (χ4n) is 2.01. The molecule has 3 aromatic rings. The standard InChI is InChI=1S/C15H9BrF2S/c16-11-2-4-14(18)10(5-11)7-13-6-9-1-3-12(17)8-15(9)19-13/h1-6,8H,7H2. The van der Waals surface area contributed by atoms with Crippen LogP contribution in [0.5, 0.6) is 0 Å². The Bertz CT molecular complexity index is 749. The van der Waals surface area contributed by atoms with Crippen molar-refractivity contribution < 1.29 is 8.78 Å². The minimum absolute atomic E-state index is 0.216. The average Bonchev–Trinajstić information content (AvgIpc) is 2.75. The van der Waals surface area contributed by atoms with Gasteiger partial charge in [-0.15, -0.1) is 11.3 Å². The molecule has 0 bridgehead atoms. The van der Waals surface area contributed by atoms with Crippen molar-refractivity contribution in [2.24, 2.45) is 0 Å². The maximum atomic E-state index is 13.7. The van der Waals surface area contributed by atoms with Crippen LogP contribution in [0.2, 0.25) is 0 Å². The zero-order valence-corrected chi connectivity index (χ0v) is 12.2. The predicted molar refractivity (Wildman–Crippen MR) is 78.7 cm³/mol. The van der Waals surface area contributed by atoms with Crippen LogP contribution >= 0.6 is 27.3 Å². The molecule has 4 heteroatoms. The highest BCUT2D eigenvalue weighted by atomic mass is 79.9. The van der Waals surface area contributed by atoms with Crippen molar-refractivity contribution in [2.75, 3.05) is 0 Å². The van der Waals surface area contributed by atoms with Crippen LogP contribution in [-0.2, 0) is 6.42 Å². The molecule has 0 radical (unpaired) electrons. The van der Waals surface area contributed by atoms with E-state index in [1.54, 1.807) is 18.2 Å². The van der Waals surface area contributed by atoms with E-state index in [0.717, 1.165) is 19.4 Å². The lowest BCUT2D eigenvalue weighted by atomic mass is 10.1. The van der Waals surface area contributed by atoms with Gasteiger partial charge in [0.25, 0.3) is 0 Å². The first-order valence-corrected chi connectivity index (χ1v) is 7.35. The van der Waals surface area contributed by atoms with Gasteiger partial charge in [-0.3, -0.25) is 0 Å². The third kappa shape index (κ3) is 2.69. The third-order valence-corrected chi connectivity index (χ3v) is 4.50. The molecule has 0 atom stereocenters. The number of hydrogen-bond donors (Lipinski definition) is 0. The molecule has 0 aliphatic carbocycles. The lowest BCUT2D eigenvalue weighted by Gasteiger charge is -2.01. The lowest BCUT2D eigenvalue weighted by Crippen LogP contribution is -1.90. The van der Waals surface area contributed by atoms with Gasteiger partial charge in [0.15, 0.2) is 0 Å². The van der Waals surface area contributed by atoms with E-state index in [2.05, 4.69) is 15.9 Å². The number of rotatable bonds is 2. The Morgan fingerprint density at radius 1 is 1.00 bits per heavy atom. The molecule has 19 heavy (non-hydrogen) atoms. The summed E-state index contributed by atoms with van der Waals surface area (Å²) in [6.07, 6.45) is 0.520. The van der Waals surface area contributed by atoms with E-state index in [4.69, 9.17) is 0 Å². The minimum atomic E-state index is -0.241. The number of halogens is 3. The average molecular weight is 339 g/mol. The first-order chi connectivity index (χ1) is 9.11. The summed E-state index contributed by atoms with van der Waals surface area (Å²) in [7, 11) is 0. The van der Waals surface area contributed by atoms with Gasteiger partial charge in [0.1, 0.15) is 11.6 Å². The summed E-state index contributed by atoms with van der Waals surface area (Å²) in [4.78, 5) is 1.03. The molecule has 1 heterocycles. The Morgan fingerprint density at radius 2 is 1.84 bits per heavy atom. The molecular formula is C15H9BrF2S. The van der Waals surface area contributed by atoms with E-state index in [0.29, 0.717) is 12.0 Å². The molecule has 0 spiro atoms. The highest BCUT2D eigenvalue weighted by Crippen LogP contribution is 2.29. The molecule has 0 amide bonds. The molecule has 3 rings (SSSR count). The summed E-state index contributed by atoms with van der Waals surface area (Å²) >= 11 is 4.84. The quantitative estimate of drug-likeness (QED) is 0.576. The van der Waals surface area contributed by atoms with Crippen LogP contribution < -0.4 is 0 Å². The largest absolute Gasteiger partial charge is 0.207 e. The van der Waals surface area contributed by atoms with E-state index in [1.165, 1.54) is 29.5 Å². The second kappa shape index (κ2) is 5.02. The molecule has 1 aromatic heterocycles. The van der Waals surface area contributed by atoms with Crippen molar-refractivity contribution in [3.63, 3.8) is 0 Å². The van der Waals surface area contributed by atoms with Gasteiger partial charge in [0.2, 0.25) is 0 Å². The summed E-state index contributed by atoms with van der Waals surface area (Å²) in [6, 6.07) is 11.6. The fourth-order valence-corrected chi connectivity index (χ4v) is 3.53. The molecule has 96 valence electrons. The van der Waals surface area contributed by atoms with Gasteiger partial charge in [-0.1, -0.05) is 22.0 Å². The van der Waals surface area contributed by atoms with Gasteiger partial charge in [-0.25, -0.2) is 8.78 Å². The molecule has 0 aliphatic rings. The van der Waals surface area contributed by atoms with Gasteiger partial charge in [0.05, 0.1) is 0 Å². The molecule has 0 fully saturated rings. The zero-order chi connectivity index (χ0) is 13.4. The Balaban J connectivity index is 1.98. The first kappa shape index (κ1) is 12.8. The van der Waals surface area contributed by atoms with Crippen LogP contribution in [0.25, 0.3) is 10.1 Å². The van der Waals surface area contributed by atoms with Gasteiger partial charge in [-0.05, 0) is 47.3 Å². The maximum Gasteiger partial charge on any atom is 0.126 e. The van der Waals surface area contributed by atoms with E-state index in [1.807, 2.05) is 6.07 Å². The zero-order valence-electron chi connectivity index (χ0n) is 9.79. The number of hydrogen-bond acceptors (Lipinski definition) is 1. The van der Waals surface area contributed by atoms with Crippen LogP contribution in [0.1, 0.15) is 10.4 Å². The van der Waals surface area contributed by atoms with Gasteiger partial charge >= 0.3 is 0 Å². The van der Waals surface area contributed by atoms with E-state index in [-0.39, 0.29) is 11.6 Å². The minimum Gasteiger partial charge on any atom is -0.207 e. The van der Waals surface area contributed by atoms with Gasteiger partial charge < -0.3 is 0 Å². The Morgan fingerprint density at radius 3 is 2.68 bits per heavy atom. The SMILES string of the molecule is Fc1ccc2cc(Cc3cc(Br)ccc3F)sc2c1. The molecular weight excluding hydrogens is 330 g/mol. The van der Waals surface area contributed by atoms with E-state index in [9.17, 15) is 8.78 Å². The Kier molecular flexibility index (Phi) is 3.37. The van der Waals surface area contributed by atoms with Crippen molar-refractivity contribution in [3.8, 4) is 0 Å². The van der Waals surface area contributed by atoms with Crippen LogP contribution in [0.3, 0.4) is 0 Å². The Labute approximate surface area is 121 Å². The molecule has 0 N–H and O–H groups in total. The summed E-state index contributed by atoms with van der Waals surface area (Å²) in [5.74, 6) is -0.457. The molecule has 0 saturated carbocycles. The molecule has 0 saturated heterocycles. The van der Waals surface area contributed by atoms with Crippen molar-refractivity contribution in [1.29, 1.82) is 0 Å². The van der Waals surface area contributed by atoms with Crippen LogP contribution in [0.4, 0.5) is 8.78 Å². The third-order valence-electron chi connectivity index (χ3n) is 2.91. The fraction of sp³-hybridized carbons (Fsp3) is 0.0667. The smallest absolute Gasteiger partial charge is 0.126 e. The molecule has 0 unspecified atom stereocenters.